The first kappa shape index (κ1) is 14.4. The summed E-state index contributed by atoms with van der Waals surface area (Å²) in [5.41, 5.74) is 4.11. The highest BCUT2D eigenvalue weighted by Gasteiger charge is 2.18. The molecular weight excluding hydrogens is 282 g/mol. The molecule has 1 N–H and O–H groups in total. The summed E-state index contributed by atoms with van der Waals surface area (Å²) in [6.07, 6.45) is 3.64. The summed E-state index contributed by atoms with van der Waals surface area (Å²) < 4.78 is 5.19. The maximum atomic E-state index is 6.18. The molecule has 110 valence electrons. The first-order chi connectivity index (χ1) is 10.3. The van der Waals surface area contributed by atoms with Crippen molar-refractivity contribution in [3.05, 3.63) is 64.2 Å². The maximum Gasteiger partial charge on any atom is 0.137 e. The molecule has 1 atom stereocenters. The molecule has 0 spiro atoms. The fourth-order valence-electron chi connectivity index (χ4n) is 3.03. The molecule has 0 heterocycles. The Kier molecular flexibility index (Phi) is 4.47. The van der Waals surface area contributed by atoms with Gasteiger partial charge in [-0.1, -0.05) is 41.9 Å². The lowest BCUT2D eigenvalue weighted by Crippen LogP contribution is -2.24. The van der Waals surface area contributed by atoms with E-state index >= 15 is 0 Å². The van der Waals surface area contributed by atoms with Crippen LogP contribution < -0.4 is 10.1 Å². The monoisotopic (exact) mass is 301 g/mol. The highest BCUT2D eigenvalue weighted by Crippen LogP contribution is 2.30. The van der Waals surface area contributed by atoms with Crippen LogP contribution in [0.4, 0.5) is 0 Å². The molecule has 1 aliphatic rings. The van der Waals surface area contributed by atoms with Crippen molar-refractivity contribution < 1.29 is 4.74 Å². The number of nitrogens with one attached hydrogen (secondary N) is 1. The van der Waals surface area contributed by atoms with E-state index in [-0.39, 0.29) is 0 Å². The Morgan fingerprint density at radius 3 is 2.90 bits per heavy atom. The number of methoxy groups -OCH3 is 1. The van der Waals surface area contributed by atoms with Crippen molar-refractivity contribution in [3.63, 3.8) is 0 Å². The van der Waals surface area contributed by atoms with Crippen molar-refractivity contribution in [2.45, 2.75) is 31.8 Å². The molecule has 0 saturated carbocycles. The quantitative estimate of drug-likeness (QED) is 0.897. The molecule has 2 aromatic rings. The Morgan fingerprint density at radius 2 is 2.10 bits per heavy atom. The molecule has 21 heavy (non-hydrogen) atoms. The van der Waals surface area contributed by atoms with Gasteiger partial charge in [-0.05, 0) is 48.1 Å². The maximum absolute atomic E-state index is 6.18. The Bertz CT molecular complexity index is 626. The predicted octanol–water partition coefficient (Wildman–Crippen LogP) is 4.52. The average Bonchev–Trinajstić information content (AvgIpc) is 2.53. The molecule has 1 aliphatic carbocycles. The van der Waals surface area contributed by atoms with E-state index in [4.69, 9.17) is 16.3 Å². The van der Waals surface area contributed by atoms with Crippen molar-refractivity contribution in [1.29, 1.82) is 0 Å². The third-order valence-corrected chi connectivity index (χ3v) is 4.43. The van der Waals surface area contributed by atoms with E-state index in [2.05, 4.69) is 35.6 Å². The predicted molar refractivity (Wildman–Crippen MR) is 87.0 cm³/mol. The van der Waals surface area contributed by atoms with Gasteiger partial charge < -0.3 is 10.1 Å². The van der Waals surface area contributed by atoms with Gasteiger partial charge in [0.05, 0.1) is 12.1 Å². The van der Waals surface area contributed by atoms with Crippen molar-refractivity contribution >= 4 is 11.6 Å². The minimum atomic E-state index is 0.441. The Morgan fingerprint density at radius 1 is 1.24 bits per heavy atom. The van der Waals surface area contributed by atoms with Gasteiger partial charge in [-0.3, -0.25) is 0 Å². The molecule has 1 unspecified atom stereocenters. The van der Waals surface area contributed by atoms with Gasteiger partial charge in [0.25, 0.3) is 0 Å². The third-order valence-electron chi connectivity index (χ3n) is 4.14. The second-order valence-corrected chi connectivity index (χ2v) is 5.90. The molecule has 0 aromatic heterocycles. The van der Waals surface area contributed by atoms with E-state index in [9.17, 15) is 0 Å². The Hall–Kier alpha value is -1.51. The Labute approximate surface area is 131 Å². The summed E-state index contributed by atoms with van der Waals surface area (Å²) in [5, 5.41) is 4.33. The highest BCUT2D eigenvalue weighted by molar-refractivity contribution is 6.32. The molecule has 0 amide bonds. The van der Waals surface area contributed by atoms with Crippen LogP contribution in [0, 0.1) is 0 Å². The lowest BCUT2D eigenvalue weighted by molar-refractivity contribution is 0.414. The third kappa shape index (κ3) is 3.22. The van der Waals surface area contributed by atoms with E-state index < -0.39 is 0 Å². The second-order valence-electron chi connectivity index (χ2n) is 5.49. The summed E-state index contributed by atoms with van der Waals surface area (Å²) in [5.74, 6) is 0.725. The number of hydrogen-bond acceptors (Lipinski definition) is 2. The smallest absolute Gasteiger partial charge is 0.137 e. The summed E-state index contributed by atoms with van der Waals surface area (Å²) in [6.45, 7) is 0.822. The van der Waals surface area contributed by atoms with Gasteiger partial charge in [-0.15, -0.1) is 0 Å². The summed E-state index contributed by atoms with van der Waals surface area (Å²) >= 11 is 6.18. The minimum Gasteiger partial charge on any atom is -0.495 e. The van der Waals surface area contributed by atoms with Gasteiger partial charge >= 0.3 is 0 Å². The number of fused-ring (bicyclic) bond motifs is 1. The number of hydrogen-bond donors (Lipinski definition) is 1. The van der Waals surface area contributed by atoms with Crippen LogP contribution in [0.1, 0.15) is 35.6 Å². The van der Waals surface area contributed by atoms with Crippen molar-refractivity contribution in [3.8, 4) is 5.75 Å². The molecule has 0 bridgehead atoms. The topological polar surface area (TPSA) is 21.3 Å². The van der Waals surface area contributed by atoms with Crippen LogP contribution in [0.3, 0.4) is 0 Å². The van der Waals surface area contributed by atoms with Crippen molar-refractivity contribution in [2.75, 3.05) is 7.11 Å². The zero-order chi connectivity index (χ0) is 14.7. The first-order valence-corrected chi connectivity index (χ1v) is 7.79. The fourth-order valence-corrected chi connectivity index (χ4v) is 3.31. The minimum absolute atomic E-state index is 0.441. The van der Waals surface area contributed by atoms with Crippen molar-refractivity contribution in [2.24, 2.45) is 0 Å². The zero-order valence-electron chi connectivity index (χ0n) is 12.2. The number of rotatable bonds is 4. The lowest BCUT2D eigenvalue weighted by atomic mass is 9.87. The normalized spacial score (nSPS) is 17.3. The van der Waals surface area contributed by atoms with Gasteiger partial charge in [-0.25, -0.2) is 0 Å². The van der Waals surface area contributed by atoms with Crippen LogP contribution in [-0.4, -0.2) is 7.11 Å². The number of aryl methyl sites for hydroxylation is 1. The van der Waals surface area contributed by atoms with Gasteiger partial charge in [0.15, 0.2) is 0 Å². The zero-order valence-corrected chi connectivity index (χ0v) is 13.0. The van der Waals surface area contributed by atoms with E-state index in [0.717, 1.165) is 12.3 Å². The molecule has 0 radical (unpaired) electrons. The lowest BCUT2D eigenvalue weighted by Gasteiger charge is -2.26. The molecule has 0 saturated heterocycles. The molecule has 2 nitrogen and oxygen atoms in total. The molecule has 0 aliphatic heterocycles. The van der Waals surface area contributed by atoms with Gasteiger partial charge in [0.1, 0.15) is 5.75 Å². The molecule has 3 heteroatoms. The standard InChI is InChI=1S/C18H20ClNO/c1-21-18-10-9-13(11-16(18)19)12-20-17-8-4-6-14-5-2-3-7-15(14)17/h2-3,5,7,9-11,17,20H,4,6,8,12H2,1H3. The summed E-state index contributed by atoms with van der Waals surface area (Å²) in [6, 6.07) is 15.1. The molecule has 2 aromatic carbocycles. The average molecular weight is 302 g/mol. The second kappa shape index (κ2) is 6.50. The highest BCUT2D eigenvalue weighted by atomic mass is 35.5. The first-order valence-electron chi connectivity index (χ1n) is 7.41. The SMILES string of the molecule is COc1ccc(CNC2CCCc3ccccc32)cc1Cl. The van der Waals surface area contributed by atoms with Gasteiger partial charge in [-0.2, -0.15) is 0 Å². The van der Waals surface area contributed by atoms with Crippen LogP contribution in [0.25, 0.3) is 0 Å². The van der Waals surface area contributed by atoms with Crippen LogP contribution in [0.2, 0.25) is 5.02 Å². The molecule has 0 fully saturated rings. The fraction of sp³-hybridized carbons (Fsp3) is 0.333. The number of ether oxygens (including phenoxy) is 1. The largest absolute Gasteiger partial charge is 0.495 e. The van der Waals surface area contributed by atoms with E-state index in [1.807, 2.05) is 12.1 Å². The van der Waals surface area contributed by atoms with Crippen LogP contribution in [-0.2, 0) is 13.0 Å². The summed E-state index contributed by atoms with van der Waals surface area (Å²) in [4.78, 5) is 0. The molecular formula is C18H20ClNO. The van der Waals surface area contributed by atoms with E-state index in [1.54, 1.807) is 7.11 Å². The number of halogens is 1. The molecule has 3 rings (SSSR count). The van der Waals surface area contributed by atoms with E-state index in [1.165, 1.54) is 36.0 Å². The van der Waals surface area contributed by atoms with Crippen LogP contribution in [0.5, 0.6) is 5.75 Å². The number of benzene rings is 2. The van der Waals surface area contributed by atoms with Crippen LogP contribution in [0.15, 0.2) is 42.5 Å². The van der Waals surface area contributed by atoms with Gasteiger partial charge in [0.2, 0.25) is 0 Å². The Balaban J connectivity index is 1.70. The van der Waals surface area contributed by atoms with E-state index in [0.29, 0.717) is 11.1 Å². The van der Waals surface area contributed by atoms with Crippen LogP contribution >= 0.6 is 11.6 Å². The van der Waals surface area contributed by atoms with Crippen molar-refractivity contribution in [1.82, 2.24) is 5.32 Å². The van der Waals surface area contributed by atoms with Gasteiger partial charge in [0, 0.05) is 12.6 Å². The summed E-state index contributed by atoms with van der Waals surface area (Å²) in [7, 11) is 1.64.